The van der Waals surface area contributed by atoms with Crippen molar-refractivity contribution < 1.29 is 27.6 Å². The maximum absolute atomic E-state index is 13.1. The third-order valence-electron chi connectivity index (χ3n) is 5.67. The molecule has 0 unspecified atom stereocenters. The van der Waals surface area contributed by atoms with Crippen molar-refractivity contribution in [3.05, 3.63) is 46.8 Å². The Labute approximate surface area is 202 Å². The molecule has 3 rings (SSSR count). The number of Topliss-reactive ketones (excluding diaryl/α,β-unsaturated/α-hetero) is 1. The van der Waals surface area contributed by atoms with Gasteiger partial charge in [-0.3, -0.25) is 19.3 Å². The molecule has 0 atom stereocenters. The predicted octanol–water partition coefficient (Wildman–Crippen LogP) is 2.75. The Morgan fingerprint density at radius 1 is 1.03 bits per heavy atom. The smallest absolute Gasteiger partial charge is 0.350 e. The lowest BCUT2D eigenvalue weighted by atomic mass is 10.1. The first kappa shape index (κ1) is 26.4. The summed E-state index contributed by atoms with van der Waals surface area (Å²) in [7, 11) is 0. The van der Waals surface area contributed by atoms with Gasteiger partial charge in [0.05, 0.1) is 34.7 Å². The summed E-state index contributed by atoms with van der Waals surface area (Å²) in [5.41, 5.74) is -0.391. The second-order valence-corrected chi connectivity index (χ2v) is 9.70. The first-order chi connectivity index (χ1) is 16.2. The number of nitrogens with zero attached hydrogens (tertiary/aromatic N) is 4. The van der Waals surface area contributed by atoms with Crippen LogP contribution >= 0.6 is 0 Å². The molecule has 2 aromatic rings. The van der Waals surface area contributed by atoms with Gasteiger partial charge in [-0.15, -0.1) is 0 Å². The zero-order valence-electron chi connectivity index (χ0n) is 20.5. The Hall–Kier alpha value is -3.21. The molecule has 11 heteroatoms. The number of carbonyl (C=O) groups excluding carboxylic acids is 3. The number of hydrogen-bond donors (Lipinski definition) is 1. The number of amides is 2. The number of piperazine rings is 1. The average molecular weight is 494 g/mol. The number of hydrogen-bond acceptors (Lipinski definition) is 5. The van der Waals surface area contributed by atoms with Gasteiger partial charge < -0.3 is 10.2 Å². The Morgan fingerprint density at radius 2 is 1.66 bits per heavy atom. The van der Waals surface area contributed by atoms with Gasteiger partial charge in [-0.2, -0.15) is 18.3 Å². The molecule has 1 aliphatic rings. The van der Waals surface area contributed by atoms with Crippen LogP contribution in [-0.2, 0) is 15.8 Å². The summed E-state index contributed by atoms with van der Waals surface area (Å²) >= 11 is 0. The molecule has 0 saturated carbocycles. The monoisotopic (exact) mass is 493 g/mol. The SMILES string of the molecule is Cc1nn(-c2cccc(C(F)(F)F)c2)c(C)c1C(=O)C(=O)N1CCN(CC(=O)NC(C)(C)C)CC1. The second kappa shape index (κ2) is 9.80. The van der Waals surface area contributed by atoms with Gasteiger partial charge in [-0.1, -0.05) is 6.07 Å². The van der Waals surface area contributed by atoms with Crippen LogP contribution in [0.5, 0.6) is 0 Å². The summed E-state index contributed by atoms with van der Waals surface area (Å²) in [6.07, 6.45) is -4.52. The zero-order valence-corrected chi connectivity index (χ0v) is 20.5. The number of aromatic nitrogens is 2. The number of halogens is 3. The van der Waals surface area contributed by atoms with Crippen LogP contribution in [0.25, 0.3) is 5.69 Å². The number of rotatable bonds is 5. The molecule has 8 nitrogen and oxygen atoms in total. The van der Waals surface area contributed by atoms with Gasteiger partial charge in [-0.05, 0) is 52.8 Å². The third-order valence-corrected chi connectivity index (χ3v) is 5.67. The van der Waals surface area contributed by atoms with Crippen LogP contribution in [0.2, 0.25) is 0 Å². The van der Waals surface area contributed by atoms with Gasteiger partial charge in [0.25, 0.3) is 11.7 Å². The van der Waals surface area contributed by atoms with Crippen molar-refractivity contribution in [1.29, 1.82) is 0 Å². The topological polar surface area (TPSA) is 87.5 Å². The molecule has 2 heterocycles. The number of benzene rings is 1. The van der Waals surface area contributed by atoms with E-state index in [9.17, 15) is 27.6 Å². The van der Waals surface area contributed by atoms with Crippen molar-refractivity contribution in [2.75, 3.05) is 32.7 Å². The minimum Gasteiger partial charge on any atom is -0.350 e. The highest BCUT2D eigenvalue weighted by Gasteiger charge is 2.33. The van der Waals surface area contributed by atoms with Crippen molar-refractivity contribution in [3.63, 3.8) is 0 Å². The van der Waals surface area contributed by atoms with E-state index in [0.717, 1.165) is 12.1 Å². The standard InChI is InChI=1S/C24H30F3N5O3/c1-15-20(16(2)32(29-15)18-8-6-7-17(13-18)24(25,26)27)21(34)22(35)31-11-9-30(10-12-31)14-19(33)28-23(3,4)5/h6-8,13H,9-12,14H2,1-5H3,(H,28,33). The Kier molecular flexibility index (Phi) is 7.39. The fourth-order valence-electron chi connectivity index (χ4n) is 4.06. The maximum atomic E-state index is 13.1. The summed E-state index contributed by atoms with van der Waals surface area (Å²) in [6.45, 7) is 10.4. The predicted molar refractivity (Wildman–Crippen MR) is 123 cm³/mol. The van der Waals surface area contributed by atoms with Gasteiger partial charge in [0.15, 0.2) is 0 Å². The van der Waals surface area contributed by atoms with Crippen LogP contribution in [0.4, 0.5) is 13.2 Å². The Morgan fingerprint density at radius 3 is 2.23 bits per heavy atom. The van der Waals surface area contributed by atoms with Crippen LogP contribution < -0.4 is 5.32 Å². The van der Waals surface area contributed by atoms with Gasteiger partial charge in [0.2, 0.25) is 5.91 Å². The number of ketones is 1. The largest absolute Gasteiger partial charge is 0.416 e. The molecule has 0 spiro atoms. The summed E-state index contributed by atoms with van der Waals surface area (Å²) < 4.78 is 40.6. The Bertz CT molecular complexity index is 1130. The molecule has 1 fully saturated rings. The van der Waals surface area contributed by atoms with E-state index >= 15 is 0 Å². The molecule has 190 valence electrons. The zero-order chi connectivity index (χ0) is 26.1. The first-order valence-electron chi connectivity index (χ1n) is 11.3. The number of carbonyl (C=O) groups is 3. The molecule has 1 N–H and O–H groups in total. The van der Waals surface area contributed by atoms with E-state index in [1.54, 1.807) is 13.8 Å². The van der Waals surface area contributed by atoms with Crippen molar-refractivity contribution in [2.24, 2.45) is 0 Å². The molecule has 35 heavy (non-hydrogen) atoms. The normalized spacial score (nSPS) is 15.3. The molecule has 1 aromatic heterocycles. The van der Waals surface area contributed by atoms with E-state index in [1.807, 2.05) is 25.7 Å². The van der Waals surface area contributed by atoms with E-state index in [1.165, 1.54) is 21.7 Å². The number of nitrogens with one attached hydrogen (secondary N) is 1. The van der Waals surface area contributed by atoms with Gasteiger partial charge in [0.1, 0.15) is 0 Å². The molecule has 1 aliphatic heterocycles. The molecule has 0 radical (unpaired) electrons. The fraction of sp³-hybridized carbons (Fsp3) is 0.500. The highest BCUT2D eigenvalue weighted by molar-refractivity contribution is 6.43. The summed E-state index contributed by atoms with van der Waals surface area (Å²) in [6, 6.07) is 4.63. The van der Waals surface area contributed by atoms with Crippen LogP contribution in [-0.4, -0.2) is 75.4 Å². The highest BCUT2D eigenvalue weighted by Crippen LogP contribution is 2.31. The lowest BCUT2D eigenvalue weighted by Gasteiger charge is -2.34. The van der Waals surface area contributed by atoms with Crippen LogP contribution in [0, 0.1) is 13.8 Å². The highest BCUT2D eigenvalue weighted by atomic mass is 19.4. The second-order valence-electron chi connectivity index (χ2n) is 9.70. The summed E-state index contributed by atoms with van der Waals surface area (Å²) in [5, 5.41) is 7.12. The lowest BCUT2D eigenvalue weighted by molar-refractivity contribution is -0.137. The quantitative estimate of drug-likeness (QED) is 0.511. The fourth-order valence-corrected chi connectivity index (χ4v) is 4.06. The molecular formula is C24H30F3N5O3. The van der Waals surface area contributed by atoms with E-state index < -0.39 is 23.4 Å². The van der Waals surface area contributed by atoms with Crippen LogP contribution in [0.3, 0.4) is 0 Å². The first-order valence-corrected chi connectivity index (χ1v) is 11.3. The van der Waals surface area contributed by atoms with Gasteiger partial charge in [-0.25, -0.2) is 4.68 Å². The van der Waals surface area contributed by atoms with Gasteiger partial charge in [0, 0.05) is 31.7 Å². The molecule has 0 aliphatic carbocycles. The molecule has 0 bridgehead atoms. The lowest BCUT2D eigenvalue weighted by Crippen LogP contribution is -2.53. The average Bonchev–Trinajstić information content (AvgIpc) is 3.05. The molecule has 1 saturated heterocycles. The molecular weight excluding hydrogens is 463 g/mol. The number of aryl methyl sites for hydroxylation is 1. The van der Waals surface area contributed by atoms with Crippen molar-refractivity contribution in [2.45, 2.75) is 46.3 Å². The van der Waals surface area contributed by atoms with Crippen molar-refractivity contribution in [1.82, 2.24) is 24.9 Å². The van der Waals surface area contributed by atoms with Crippen LogP contribution in [0.1, 0.15) is 48.1 Å². The summed E-state index contributed by atoms with van der Waals surface area (Å²) in [4.78, 5) is 41.5. The number of alkyl halides is 3. The maximum Gasteiger partial charge on any atom is 0.416 e. The Balaban J connectivity index is 1.70. The van der Waals surface area contributed by atoms with Crippen LogP contribution in [0.15, 0.2) is 24.3 Å². The van der Waals surface area contributed by atoms with Crippen molar-refractivity contribution in [3.8, 4) is 5.69 Å². The molecule has 2 amide bonds. The summed E-state index contributed by atoms with van der Waals surface area (Å²) in [5.74, 6) is -1.56. The van der Waals surface area contributed by atoms with E-state index in [0.29, 0.717) is 13.1 Å². The third kappa shape index (κ3) is 6.27. The van der Waals surface area contributed by atoms with E-state index in [-0.39, 0.29) is 53.7 Å². The minimum absolute atomic E-state index is 0.0828. The van der Waals surface area contributed by atoms with E-state index in [4.69, 9.17) is 0 Å². The van der Waals surface area contributed by atoms with E-state index in [2.05, 4.69) is 10.4 Å². The van der Waals surface area contributed by atoms with Crippen molar-refractivity contribution >= 4 is 17.6 Å². The minimum atomic E-state index is -4.52. The molecule has 1 aromatic carbocycles. The van der Waals surface area contributed by atoms with Gasteiger partial charge >= 0.3 is 6.18 Å².